The number of carbonyl (C=O) groups is 1. The molecule has 1 aromatic carbocycles. The molecule has 16 heavy (non-hydrogen) atoms. The maximum absolute atomic E-state index is 11.2. The predicted octanol–water partition coefficient (Wildman–Crippen LogP) is 1.38. The van der Waals surface area contributed by atoms with Gasteiger partial charge in [-0.15, -0.1) is 0 Å². The zero-order valence-corrected chi connectivity index (χ0v) is 9.29. The molecular weight excluding hydrogens is 202 g/mol. The van der Waals surface area contributed by atoms with Gasteiger partial charge in [0.25, 0.3) is 0 Å². The van der Waals surface area contributed by atoms with Gasteiger partial charge in [0.1, 0.15) is 5.84 Å². The number of nitrogens with zero attached hydrogens (tertiary/aromatic N) is 1. The number of aliphatic imine (C=N–C) groups is 1. The molecule has 0 atom stereocenters. The average Bonchev–Trinajstić information content (AvgIpc) is 2.83. The Hall–Kier alpha value is -1.84. The highest BCUT2D eigenvalue weighted by Gasteiger charge is 2.07. The van der Waals surface area contributed by atoms with Crippen LogP contribution in [-0.4, -0.2) is 24.8 Å². The summed E-state index contributed by atoms with van der Waals surface area (Å²) in [4.78, 5) is 15.5. The van der Waals surface area contributed by atoms with Gasteiger partial charge < -0.3 is 10.6 Å². The lowest BCUT2D eigenvalue weighted by Crippen LogP contribution is -2.19. The Morgan fingerprint density at radius 2 is 2.19 bits per heavy atom. The summed E-state index contributed by atoms with van der Waals surface area (Å²) < 4.78 is 0. The number of carbonyl (C=O) groups excluding carboxylic acids is 1. The van der Waals surface area contributed by atoms with Crippen molar-refractivity contribution in [2.45, 2.75) is 13.3 Å². The fourth-order valence-electron chi connectivity index (χ4n) is 1.55. The molecule has 0 radical (unpaired) electrons. The van der Waals surface area contributed by atoms with Crippen LogP contribution in [-0.2, 0) is 4.79 Å². The molecular formula is C12H15N3O. The van der Waals surface area contributed by atoms with Gasteiger partial charge in [-0.25, -0.2) is 0 Å². The Morgan fingerprint density at radius 1 is 1.44 bits per heavy atom. The number of benzene rings is 1. The number of amidine groups is 1. The van der Waals surface area contributed by atoms with Crippen molar-refractivity contribution in [1.29, 1.82) is 0 Å². The molecule has 2 N–H and O–H groups in total. The van der Waals surface area contributed by atoms with Crippen molar-refractivity contribution in [2.24, 2.45) is 4.99 Å². The zero-order chi connectivity index (χ0) is 11.4. The molecule has 0 saturated carbocycles. The summed E-state index contributed by atoms with van der Waals surface area (Å²) in [5.74, 6) is 0.970. The molecule has 84 valence electrons. The molecule has 0 bridgehead atoms. The maximum Gasteiger partial charge on any atom is 0.224 e. The van der Waals surface area contributed by atoms with Crippen LogP contribution in [0.15, 0.2) is 29.3 Å². The molecule has 1 aliphatic rings. The van der Waals surface area contributed by atoms with Gasteiger partial charge in [0.05, 0.1) is 6.54 Å². The van der Waals surface area contributed by atoms with Crippen molar-refractivity contribution in [2.75, 3.05) is 18.4 Å². The fourth-order valence-corrected chi connectivity index (χ4v) is 1.55. The molecule has 2 rings (SSSR count). The van der Waals surface area contributed by atoms with Crippen LogP contribution < -0.4 is 10.6 Å². The first-order valence-electron chi connectivity index (χ1n) is 5.48. The number of anilines is 1. The SMILES string of the molecule is CCC(=O)Nc1ccc(C2=NCCN2)cc1. The first-order chi connectivity index (χ1) is 7.79. The third-order valence-corrected chi connectivity index (χ3v) is 2.44. The Balaban J connectivity index is 2.07. The standard InChI is InChI=1S/C12H15N3O/c1-2-11(16)15-10-5-3-9(4-6-10)12-13-7-8-14-12/h3-6H,2,7-8H2,1H3,(H,13,14)(H,15,16). The second-order valence-electron chi connectivity index (χ2n) is 3.64. The Bertz CT molecular complexity index is 409. The van der Waals surface area contributed by atoms with E-state index < -0.39 is 0 Å². The van der Waals surface area contributed by atoms with Crippen LogP contribution in [0, 0.1) is 0 Å². The second-order valence-corrected chi connectivity index (χ2v) is 3.64. The van der Waals surface area contributed by atoms with Gasteiger partial charge in [-0.1, -0.05) is 6.92 Å². The summed E-state index contributed by atoms with van der Waals surface area (Å²) in [5, 5.41) is 6.02. The molecule has 1 amide bonds. The lowest BCUT2D eigenvalue weighted by Gasteiger charge is -2.05. The fraction of sp³-hybridized carbons (Fsp3) is 0.333. The summed E-state index contributed by atoms with van der Waals surface area (Å²) in [7, 11) is 0. The number of rotatable bonds is 3. The van der Waals surface area contributed by atoms with Crippen LogP contribution in [0.4, 0.5) is 5.69 Å². The van der Waals surface area contributed by atoms with Crippen molar-refractivity contribution < 1.29 is 4.79 Å². The van der Waals surface area contributed by atoms with Gasteiger partial charge in [-0.3, -0.25) is 9.79 Å². The maximum atomic E-state index is 11.2. The van der Waals surface area contributed by atoms with Crippen LogP contribution in [0.2, 0.25) is 0 Å². The van der Waals surface area contributed by atoms with E-state index in [1.165, 1.54) is 0 Å². The minimum Gasteiger partial charge on any atom is -0.368 e. The van der Waals surface area contributed by atoms with Gasteiger partial charge in [-0.05, 0) is 24.3 Å². The molecule has 4 nitrogen and oxygen atoms in total. The molecule has 1 heterocycles. The van der Waals surface area contributed by atoms with Crippen LogP contribution in [0.5, 0.6) is 0 Å². The summed E-state index contributed by atoms with van der Waals surface area (Å²) in [6.07, 6.45) is 0.496. The smallest absolute Gasteiger partial charge is 0.224 e. The van der Waals surface area contributed by atoms with Gasteiger partial charge in [0.2, 0.25) is 5.91 Å². The van der Waals surface area contributed by atoms with Crippen molar-refractivity contribution >= 4 is 17.4 Å². The predicted molar refractivity (Wildman–Crippen MR) is 64.8 cm³/mol. The largest absolute Gasteiger partial charge is 0.368 e. The monoisotopic (exact) mass is 217 g/mol. The van der Waals surface area contributed by atoms with Gasteiger partial charge >= 0.3 is 0 Å². The molecule has 0 unspecified atom stereocenters. The highest BCUT2D eigenvalue weighted by molar-refractivity contribution is 6.00. The number of nitrogens with one attached hydrogen (secondary N) is 2. The average molecular weight is 217 g/mol. The number of amides is 1. The Labute approximate surface area is 94.8 Å². The topological polar surface area (TPSA) is 53.5 Å². The van der Waals surface area contributed by atoms with Crippen LogP contribution >= 0.6 is 0 Å². The molecule has 1 aromatic rings. The summed E-state index contributed by atoms with van der Waals surface area (Å²) in [6, 6.07) is 7.71. The second kappa shape index (κ2) is 4.79. The Morgan fingerprint density at radius 3 is 2.75 bits per heavy atom. The zero-order valence-electron chi connectivity index (χ0n) is 9.29. The minimum atomic E-state index is 0.0316. The highest BCUT2D eigenvalue weighted by Crippen LogP contribution is 2.11. The van der Waals surface area contributed by atoms with Crippen LogP contribution in [0.1, 0.15) is 18.9 Å². The van der Waals surface area contributed by atoms with E-state index in [1.807, 2.05) is 31.2 Å². The molecule has 0 fully saturated rings. The third kappa shape index (κ3) is 2.39. The molecule has 0 aliphatic carbocycles. The van der Waals surface area contributed by atoms with E-state index in [1.54, 1.807) is 0 Å². The first kappa shape index (κ1) is 10.7. The van der Waals surface area contributed by atoms with Crippen molar-refractivity contribution in [3.8, 4) is 0 Å². The van der Waals surface area contributed by atoms with Gasteiger partial charge in [0, 0.05) is 24.2 Å². The Kier molecular flexibility index (Phi) is 3.19. The van der Waals surface area contributed by atoms with Crippen molar-refractivity contribution in [3.05, 3.63) is 29.8 Å². The molecule has 0 aromatic heterocycles. The van der Waals surface area contributed by atoms with Gasteiger partial charge in [-0.2, -0.15) is 0 Å². The van der Waals surface area contributed by atoms with Crippen LogP contribution in [0.25, 0.3) is 0 Å². The number of hydrogen-bond acceptors (Lipinski definition) is 3. The summed E-state index contributed by atoms with van der Waals surface area (Å²) in [5.41, 5.74) is 1.89. The van der Waals surface area contributed by atoms with E-state index in [0.717, 1.165) is 30.2 Å². The van der Waals surface area contributed by atoms with Crippen molar-refractivity contribution in [1.82, 2.24) is 5.32 Å². The molecule has 0 saturated heterocycles. The van der Waals surface area contributed by atoms with E-state index in [4.69, 9.17) is 0 Å². The van der Waals surface area contributed by atoms with Crippen molar-refractivity contribution in [3.63, 3.8) is 0 Å². The normalized spacial score (nSPS) is 14.2. The summed E-state index contributed by atoms with van der Waals surface area (Å²) >= 11 is 0. The molecule has 1 aliphatic heterocycles. The third-order valence-electron chi connectivity index (χ3n) is 2.44. The first-order valence-corrected chi connectivity index (χ1v) is 5.48. The van der Waals surface area contributed by atoms with E-state index in [2.05, 4.69) is 15.6 Å². The highest BCUT2D eigenvalue weighted by atomic mass is 16.1. The van der Waals surface area contributed by atoms with E-state index in [9.17, 15) is 4.79 Å². The van der Waals surface area contributed by atoms with E-state index >= 15 is 0 Å². The summed E-state index contributed by atoms with van der Waals surface area (Å²) in [6.45, 7) is 3.58. The van der Waals surface area contributed by atoms with Gasteiger partial charge in [0.15, 0.2) is 0 Å². The van der Waals surface area contributed by atoms with E-state index in [-0.39, 0.29) is 5.91 Å². The lowest BCUT2D eigenvalue weighted by molar-refractivity contribution is -0.115. The molecule has 0 spiro atoms. The number of hydrogen-bond donors (Lipinski definition) is 2. The van der Waals surface area contributed by atoms with E-state index in [0.29, 0.717) is 6.42 Å². The quantitative estimate of drug-likeness (QED) is 0.803. The minimum absolute atomic E-state index is 0.0316. The molecule has 4 heteroatoms. The van der Waals surface area contributed by atoms with Crippen LogP contribution in [0.3, 0.4) is 0 Å². The lowest BCUT2D eigenvalue weighted by atomic mass is 10.2.